The fourth-order valence-corrected chi connectivity index (χ4v) is 1.79. The van der Waals surface area contributed by atoms with Crippen molar-refractivity contribution in [3.8, 4) is 17.2 Å². The topological polar surface area (TPSA) is 40.9 Å². The molecule has 2 aromatic carbocycles. The summed E-state index contributed by atoms with van der Waals surface area (Å²) in [6, 6.07) is 17.1. The molecular formula is C16H13NO. The van der Waals surface area contributed by atoms with E-state index in [-0.39, 0.29) is 5.78 Å². The normalized spacial score (nSPS) is 9.78. The van der Waals surface area contributed by atoms with Gasteiger partial charge in [-0.2, -0.15) is 5.26 Å². The van der Waals surface area contributed by atoms with Crippen LogP contribution in [0, 0.1) is 11.3 Å². The third-order valence-electron chi connectivity index (χ3n) is 2.88. The summed E-state index contributed by atoms with van der Waals surface area (Å²) in [5, 5.41) is 8.74. The molecule has 0 N–H and O–H groups in total. The Labute approximate surface area is 107 Å². The molecule has 0 spiro atoms. The maximum absolute atomic E-state index is 11.5. The van der Waals surface area contributed by atoms with Gasteiger partial charge in [0.2, 0.25) is 0 Å². The molecular weight excluding hydrogens is 222 g/mol. The highest BCUT2D eigenvalue weighted by molar-refractivity contribution is 5.96. The lowest BCUT2D eigenvalue weighted by Gasteiger charge is -2.03. The number of Topliss-reactive ketones (excluding diaryl/α,β-unsaturated/α-hetero) is 1. The molecule has 0 heterocycles. The van der Waals surface area contributed by atoms with Crippen LogP contribution in [0.2, 0.25) is 0 Å². The summed E-state index contributed by atoms with van der Waals surface area (Å²) in [6.07, 6.45) is 0.524. The van der Waals surface area contributed by atoms with Crippen molar-refractivity contribution in [3.05, 3.63) is 59.7 Å². The first-order chi connectivity index (χ1) is 8.74. The Morgan fingerprint density at radius 1 is 1.00 bits per heavy atom. The van der Waals surface area contributed by atoms with E-state index in [4.69, 9.17) is 5.26 Å². The van der Waals surface area contributed by atoms with Crippen molar-refractivity contribution in [2.24, 2.45) is 0 Å². The van der Waals surface area contributed by atoms with E-state index in [1.165, 1.54) is 0 Å². The molecule has 0 aliphatic heterocycles. The van der Waals surface area contributed by atoms with Gasteiger partial charge in [0.1, 0.15) is 0 Å². The third-order valence-corrected chi connectivity index (χ3v) is 2.88. The number of rotatable bonds is 3. The first-order valence-electron chi connectivity index (χ1n) is 5.88. The number of benzene rings is 2. The molecule has 0 radical (unpaired) electrons. The Balaban J connectivity index is 2.29. The quantitative estimate of drug-likeness (QED) is 0.759. The van der Waals surface area contributed by atoms with Gasteiger partial charge < -0.3 is 0 Å². The first-order valence-corrected chi connectivity index (χ1v) is 5.88. The zero-order valence-electron chi connectivity index (χ0n) is 10.2. The highest BCUT2D eigenvalue weighted by Crippen LogP contribution is 2.20. The van der Waals surface area contributed by atoms with Crippen LogP contribution in [-0.4, -0.2) is 5.78 Å². The number of nitrogens with zero attached hydrogens (tertiary/aromatic N) is 1. The van der Waals surface area contributed by atoms with Gasteiger partial charge in [-0.05, 0) is 23.3 Å². The molecule has 2 aromatic rings. The van der Waals surface area contributed by atoms with Gasteiger partial charge in [-0.15, -0.1) is 0 Å². The van der Waals surface area contributed by atoms with E-state index >= 15 is 0 Å². The monoisotopic (exact) mass is 235 g/mol. The minimum atomic E-state index is 0.154. The fourth-order valence-electron chi connectivity index (χ4n) is 1.79. The zero-order valence-corrected chi connectivity index (χ0v) is 10.2. The minimum absolute atomic E-state index is 0.154. The summed E-state index contributed by atoms with van der Waals surface area (Å²) in [6.45, 7) is 1.86. The average Bonchev–Trinajstić information content (AvgIpc) is 2.47. The molecule has 0 unspecified atom stereocenters. The molecule has 88 valence electrons. The second-order valence-corrected chi connectivity index (χ2v) is 4.04. The van der Waals surface area contributed by atoms with E-state index in [2.05, 4.69) is 6.07 Å². The lowest BCUT2D eigenvalue weighted by molar-refractivity contribution is 0.0988. The van der Waals surface area contributed by atoms with Crippen molar-refractivity contribution in [1.29, 1.82) is 5.26 Å². The molecule has 0 aliphatic rings. The maximum atomic E-state index is 11.5. The smallest absolute Gasteiger partial charge is 0.162 e. The zero-order chi connectivity index (χ0) is 13.0. The predicted molar refractivity (Wildman–Crippen MR) is 71.2 cm³/mol. The summed E-state index contributed by atoms with van der Waals surface area (Å²) in [5.41, 5.74) is 3.49. The summed E-state index contributed by atoms with van der Waals surface area (Å²) in [4.78, 5) is 11.5. The third kappa shape index (κ3) is 2.46. The summed E-state index contributed by atoms with van der Waals surface area (Å²) in [7, 11) is 0. The second-order valence-electron chi connectivity index (χ2n) is 4.04. The lowest BCUT2D eigenvalue weighted by atomic mass is 10.0. The molecule has 2 rings (SSSR count). The van der Waals surface area contributed by atoms with Crippen LogP contribution >= 0.6 is 0 Å². The van der Waals surface area contributed by atoms with E-state index in [1.54, 1.807) is 12.1 Å². The van der Waals surface area contributed by atoms with Crippen LogP contribution in [0.25, 0.3) is 11.1 Å². The van der Waals surface area contributed by atoms with Gasteiger partial charge in [-0.3, -0.25) is 4.79 Å². The van der Waals surface area contributed by atoms with Crippen LogP contribution in [0.5, 0.6) is 0 Å². The number of hydrogen-bond donors (Lipinski definition) is 0. The predicted octanol–water partition coefficient (Wildman–Crippen LogP) is 3.82. The minimum Gasteiger partial charge on any atom is -0.294 e. The largest absolute Gasteiger partial charge is 0.294 e. The van der Waals surface area contributed by atoms with Gasteiger partial charge >= 0.3 is 0 Å². The Bertz CT molecular complexity index is 588. The molecule has 2 nitrogen and oxygen atoms in total. The van der Waals surface area contributed by atoms with Gasteiger partial charge in [0.25, 0.3) is 0 Å². The van der Waals surface area contributed by atoms with Crippen molar-refractivity contribution in [1.82, 2.24) is 0 Å². The number of carbonyl (C=O) groups excluding carboxylic acids is 1. The summed E-state index contributed by atoms with van der Waals surface area (Å²) >= 11 is 0. The van der Waals surface area contributed by atoms with Gasteiger partial charge in [0.15, 0.2) is 5.78 Å². The fraction of sp³-hybridized carbons (Fsp3) is 0.125. The molecule has 2 heteroatoms. The van der Waals surface area contributed by atoms with Crippen molar-refractivity contribution >= 4 is 5.78 Å². The summed E-state index contributed by atoms with van der Waals surface area (Å²) in [5.74, 6) is 0.154. The van der Waals surface area contributed by atoms with Gasteiger partial charge in [0.05, 0.1) is 11.6 Å². The van der Waals surface area contributed by atoms with Crippen LogP contribution in [0.15, 0.2) is 48.5 Å². The van der Waals surface area contributed by atoms with Crippen molar-refractivity contribution in [3.63, 3.8) is 0 Å². The Kier molecular flexibility index (Phi) is 3.54. The van der Waals surface area contributed by atoms with E-state index in [0.717, 1.165) is 16.7 Å². The summed E-state index contributed by atoms with van der Waals surface area (Å²) < 4.78 is 0. The van der Waals surface area contributed by atoms with Crippen LogP contribution in [0.4, 0.5) is 0 Å². The highest BCUT2D eigenvalue weighted by atomic mass is 16.1. The maximum Gasteiger partial charge on any atom is 0.162 e. The molecule has 0 amide bonds. The van der Waals surface area contributed by atoms with Gasteiger partial charge in [-0.25, -0.2) is 0 Å². The van der Waals surface area contributed by atoms with E-state index in [9.17, 15) is 4.79 Å². The Morgan fingerprint density at radius 2 is 1.50 bits per heavy atom. The van der Waals surface area contributed by atoms with E-state index in [0.29, 0.717) is 12.0 Å². The van der Waals surface area contributed by atoms with Crippen LogP contribution in [-0.2, 0) is 0 Å². The van der Waals surface area contributed by atoms with E-state index in [1.807, 2.05) is 43.3 Å². The molecule has 0 saturated heterocycles. The number of carbonyl (C=O) groups is 1. The number of ketones is 1. The van der Waals surface area contributed by atoms with Crippen LogP contribution in [0.1, 0.15) is 29.3 Å². The molecule has 0 bridgehead atoms. The number of nitriles is 1. The molecule has 0 aliphatic carbocycles. The molecule has 0 atom stereocenters. The Hall–Kier alpha value is -2.40. The SMILES string of the molecule is CCC(=O)c1ccc(-c2ccc(C#N)cc2)cc1. The second kappa shape index (κ2) is 5.29. The standard InChI is InChI=1S/C16H13NO/c1-2-16(18)15-9-7-14(8-10-15)13-5-3-12(11-17)4-6-13/h3-10H,2H2,1H3. The van der Waals surface area contributed by atoms with Crippen molar-refractivity contribution in [2.75, 3.05) is 0 Å². The van der Waals surface area contributed by atoms with Gasteiger partial charge in [-0.1, -0.05) is 43.3 Å². The average molecular weight is 235 g/mol. The number of hydrogen-bond acceptors (Lipinski definition) is 2. The first kappa shape index (κ1) is 12.1. The molecule has 0 fully saturated rings. The lowest BCUT2D eigenvalue weighted by Crippen LogP contribution is -1.95. The molecule has 0 saturated carbocycles. The van der Waals surface area contributed by atoms with Gasteiger partial charge in [0, 0.05) is 12.0 Å². The van der Waals surface area contributed by atoms with Crippen LogP contribution in [0.3, 0.4) is 0 Å². The highest BCUT2D eigenvalue weighted by Gasteiger charge is 2.03. The van der Waals surface area contributed by atoms with Crippen molar-refractivity contribution in [2.45, 2.75) is 13.3 Å². The van der Waals surface area contributed by atoms with Crippen molar-refractivity contribution < 1.29 is 4.79 Å². The van der Waals surface area contributed by atoms with E-state index < -0.39 is 0 Å². The Morgan fingerprint density at radius 3 is 1.94 bits per heavy atom. The molecule has 0 aromatic heterocycles. The van der Waals surface area contributed by atoms with Crippen LogP contribution < -0.4 is 0 Å². The molecule has 18 heavy (non-hydrogen) atoms.